The molecule has 0 aliphatic heterocycles. The topological polar surface area (TPSA) is 121 Å². The Morgan fingerprint density at radius 2 is 0.556 bits per heavy atom. The molecule has 2 N–H and O–H groups in total. The van der Waals surface area contributed by atoms with Crippen LogP contribution in [0.25, 0.3) is 0 Å². The summed E-state index contributed by atoms with van der Waals surface area (Å²) < 4.78 is 23.1. The van der Waals surface area contributed by atoms with Crippen LogP contribution in [0.5, 0.6) is 0 Å². The van der Waals surface area contributed by atoms with Gasteiger partial charge in [0.1, 0.15) is 13.2 Å². The van der Waals surface area contributed by atoms with Crippen LogP contribution in [-0.2, 0) is 28.5 Å². The quantitative estimate of drug-likeness (QED) is 0.0344. The van der Waals surface area contributed by atoms with Crippen molar-refractivity contribution in [1.29, 1.82) is 0 Å². The van der Waals surface area contributed by atoms with E-state index in [0.717, 1.165) is 142 Å². The number of allylic oxidation sites excluding steroid dienone is 20. The fraction of sp³-hybridized carbons (Fsp3) is 0.671. The second kappa shape index (κ2) is 56.1. The molecule has 2 atom stereocenters. The largest absolute Gasteiger partial charge is 0.461 e. The molecule has 0 saturated carbocycles. The molecule has 0 saturated heterocycles. The highest BCUT2D eigenvalue weighted by Crippen LogP contribution is 2.17. The molecule has 0 amide bonds. The predicted molar refractivity (Wildman–Crippen MR) is 386 cm³/mol. The Hall–Kier alpha value is -4.46. The normalized spacial score (nSPS) is 13.9. The third-order valence-electron chi connectivity index (χ3n) is 16.0. The van der Waals surface area contributed by atoms with Crippen molar-refractivity contribution in [3.63, 3.8) is 0 Å². The molecular weight excluding hydrogens is 1120 g/mol. The first-order valence-electron chi connectivity index (χ1n) is 34.7. The number of carbonyl (C=O) groups excluding carboxylic acids is 2. The lowest BCUT2D eigenvalue weighted by Gasteiger charge is -2.26. The van der Waals surface area contributed by atoms with Crippen LogP contribution in [0.3, 0.4) is 0 Å². The minimum absolute atomic E-state index is 0.228. The number of hydrogen-bond donors (Lipinski definition) is 2. The van der Waals surface area contributed by atoms with Crippen molar-refractivity contribution in [2.75, 3.05) is 85.8 Å². The van der Waals surface area contributed by atoms with E-state index in [-0.39, 0.29) is 38.0 Å². The lowest BCUT2D eigenvalue weighted by atomic mass is 10.1. The van der Waals surface area contributed by atoms with E-state index >= 15 is 0 Å². The van der Waals surface area contributed by atoms with Gasteiger partial charge in [-0.25, -0.2) is 0 Å². The van der Waals surface area contributed by atoms with Crippen molar-refractivity contribution in [2.24, 2.45) is 0 Å². The van der Waals surface area contributed by atoms with E-state index in [0.29, 0.717) is 52.2 Å². The molecule has 0 aromatic heterocycles. The molecule has 0 aromatic carbocycles. The van der Waals surface area contributed by atoms with Crippen molar-refractivity contribution in [3.8, 4) is 0 Å². The van der Waals surface area contributed by atoms with Crippen LogP contribution in [0, 0.1) is 0 Å². The fourth-order valence-corrected chi connectivity index (χ4v) is 9.82. The first-order chi connectivity index (χ1) is 42.8. The van der Waals surface area contributed by atoms with Gasteiger partial charge >= 0.3 is 11.9 Å². The number of aliphatic hydroxyl groups is 2. The summed E-state index contributed by atoms with van der Waals surface area (Å²) in [5.41, 5.74) is 16.0. The number of ether oxygens (including phenoxy) is 4. The highest BCUT2D eigenvalue weighted by atomic mass is 16.6. The van der Waals surface area contributed by atoms with Crippen molar-refractivity contribution >= 4 is 11.9 Å². The molecule has 0 fully saturated rings. The van der Waals surface area contributed by atoms with Gasteiger partial charge in [0.05, 0.1) is 26.1 Å². The van der Waals surface area contributed by atoms with E-state index in [1.165, 1.54) is 66.9 Å². The standard InChI is InChI=1S/C79H135N3O8/c1-64(2)28-18-32-68(9)36-22-40-72(13)48-60-87-76(83)44-56-81(57-45-77(84)88-61-49-73(14)41-23-37-69(10)33-19-29-65(3)4)54-26-52-80(17)53-27-55-82(58-46-78(85)89-62-50-74(15)42-24-38-70(11)34-20-30-66(5)6)59-47-79(86)90-63-51-75(16)43-25-39-71(12)35-21-31-67(7)8/h28-31,36-39,48-51,76,78,83,85H,18-27,32-35,40-47,52-63H2,1-17H3/b68-36+,69-37+,70-38+,71-39+,72-48+,73-49+,74-50+,75-51+. The van der Waals surface area contributed by atoms with Crippen LogP contribution < -0.4 is 0 Å². The zero-order chi connectivity index (χ0) is 67.3. The first kappa shape index (κ1) is 85.5. The number of hydrogen-bond acceptors (Lipinski definition) is 11. The summed E-state index contributed by atoms with van der Waals surface area (Å²) in [6.07, 6.45) is 44.3. The predicted octanol–water partition coefficient (Wildman–Crippen LogP) is 19.3. The first-order valence-corrected chi connectivity index (χ1v) is 34.7. The molecule has 0 spiro atoms. The van der Waals surface area contributed by atoms with Crippen LogP contribution in [0.4, 0.5) is 0 Å². The van der Waals surface area contributed by atoms with Crippen LogP contribution in [0.15, 0.2) is 140 Å². The zero-order valence-corrected chi connectivity index (χ0v) is 60.8. The molecule has 90 heavy (non-hydrogen) atoms. The number of esters is 2. The summed E-state index contributed by atoms with van der Waals surface area (Å²) in [6.45, 7) is 41.0. The van der Waals surface area contributed by atoms with Crippen LogP contribution >= 0.6 is 0 Å². The van der Waals surface area contributed by atoms with Crippen molar-refractivity contribution < 1.29 is 38.7 Å². The van der Waals surface area contributed by atoms with Crippen molar-refractivity contribution in [1.82, 2.24) is 14.7 Å². The summed E-state index contributed by atoms with van der Waals surface area (Å²) in [7, 11) is 2.13. The van der Waals surface area contributed by atoms with Gasteiger partial charge in [0.2, 0.25) is 0 Å². The van der Waals surface area contributed by atoms with Crippen LogP contribution in [-0.4, -0.2) is 135 Å². The van der Waals surface area contributed by atoms with Gasteiger partial charge in [-0.2, -0.15) is 0 Å². The summed E-state index contributed by atoms with van der Waals surface area (Å²) in [4.78, 5) is 33.0. The number of rotatable bonds is 54. The Bertz CT molecular complexity index is 2160. The summed E-state index contributed by atoms with van der Waals surface area (Å²) in [5, 5.41) is 21.9. The maximum absolute atomic E-state index is 13.1. The molecule has 2 unspecified atom stereocenters. The number of aliphatic hydroxyl groups excluding tert-OH is 2. The minimum Gasteiger partial charge on any atom is -0.461 e. The van der Waals surface area contributed by atoms with E-state index in [9.17, 15) is 19.8 Å². The Kier molecular flexibility index (Phi) is 53.3. The van der Waals surface area contributed by atoms with Crippen LogP contribution in [0.2, 0.25) is 0 Å². The maximum atomic E-state index is 13.1. The SMILES string of the molecule is CC(C)=CCC/C(C)=C/CC/C(C)=C/COC(=O)CCN(CCCN(C)CCCN(CCC(=O)OC/C=C(\C)CC/C=C(\C)CCC=C(C)C)CCC(O)OC/C=C(\C)CC/C=C(\C)CCC=C(C)C)CCC(O)OC/C=C(\C)CC/C=C(\C)CCC=C(C)C. The Morgan fingerprint density at radius 3 is 0.822 bits per heavy atom. The Labute approximate surface area is 553 Å². The third kappa shape index (κ3) is 57.4. The van der Waals surface area contributed by atoms with Crippen molar-refractivity contribution in [2.45, 2.75) is 265 Å². The third-order valence-corrected chi connectivity index (χ3v) is 16.0. The van der Waals surface area contributed by atoms with Gasteiger partial charge in [0, 0.05) is 39.0 Å². The zero-order valence-electron chi connectivity index (χ0n) is 60.8. The highest BCUT2D eigenvalue weighted by molar-refractivity contribution is 5.70. The summed E-state index contributed by atoms with van der Waals surface area (Å²) in [5.74, 6) is -0.457. The van der Waals surface area contributed by atoms with Gasteiger partial charge in [-0.3, -0.25) is 9.59 Å². The molecule has 0 bridgehead atoms. The van der Waals surface area contributed by atoms with E-state index < -0.39 is 12.6 Å². The van der Waals surface area contributed by atoms with E-state index in [4.69, 9.17) is 18.9 Å². The molecule has 514 valence electrons. The average molecular weight is 1250 g/mol. The van der Waals surface area contributed by atoms with Gasteiger partial charge in [-0.1, -0.05) is 128 Å². The molecule has 0 aliphatic rings. The summed E-state index contributed by atoms with van der Waals surface area (Å²) in [6, 6.07) is 0. The molecule has 0 heterocycles. The number of carbonyl (C=O) groups is 2. The van der Waals surface area contributed by atoms with Gasteiger partial charge in [0.25, 0.3) is 0 Å². The molecule has 0 radical (unpaired) electrons. The smallest absolute Gasteiger partial charge is 0.307 e. The maximum Gasteiger partial charge on any atom is 0.307 e. The minimum atomic E-state index is -0.920. The van der Waals surface area contributed by atoms with Crippen LogP contribution in [0.1, 0.15) is 252 Å². The molecule has 0 rings (SSSR count). The van der Waals surface area contributed by atoms with Crippen molar-refractivity contribution in [3.05, 3.63) is 140 Å². The molecule has 0 aliphatic carbocycles. The second-order valence-electron chi connectivity index (χ2n) is 26.6. The molecule has 0 aromatic rings. The second-order valence-corrected chi connectivity index (χ2v) is 26.6. The van der Waals surface area contributed by atoms with Gasteiger partial charge in [0.15, 0.2) is 12.6 Å². The highest BCUT2D eigenvalue weighted by Gasteiger charge is 2.16. The number of nitrogens with zero attached hydrogens (tertiary/aromatic N) is 3. The lowest BCUT2D eigenvalue weighted by Crippen LogP contribution is -2.35. The molecular formula is C79H135N3O8. The summed E-state index contributed by atoms with van der Waals surface area (Å²) >= 11 is 0. The van der Waals surface area contributed by atoms with E-state index in [1.807, 2.05) is 12.2 Å². The lowest BCUT2D eigenvalue weighted by molar-refractivity contribution is -0.143. The van der Waals surface area contributed by atoms with E-state index in [2.05, 4.69) is 193 Å². The molecule has 11 nitrogen and oxygen atoms in total. The Morgan fingerprint density at radius 1 is 0.311 bits per heavy atom. The molecule has 11 heteroatoms. The monoisotopic (exact) mass is 1250 g/mol. The average Bonchev–Trinajstić information content (AvgIpc) is 3.54. The van der Waals surface area contributed by atoms with Gasteiger partial charge in [-0.05, 0) is 272 Å². The fourth-order valence-electron chi connectivity index (χ4n) is 9.82. The van der Waals surface area contributed by atoms with E-state index in [1.54, 1.807) is 0 Å². The van der Waals surface area contributed by atoms with Gasteiger partial charge in [-0.15, -0.1) is 0 Å². The Balaban J connectivity index is 5.74. The van der Waals surface area contributed by atoms with Gasteiger partial charge < -0.3 is 43.9 Å².